The largest absolute Gasteiger partial charge is 0.506 e. The second-order valence-electron chi connectivity index (χ2n) is 9.71. The Labute approximate surface area is 226 Å². The molecule has 0 radical (unpaired) electrons. The molecule has 2 fully saturated rings. The summed E-state index contributed by atoms with van der Waals surface area (Å²) < 4.78 is 5.99. The lowest BCUT2D eigenvalue weighted by Gasteiger charge is -2.36. The van der Waals surface area contributed by atoms with E-state index in [0.717, 1.165) is 42.3 Å². The fourth-order valence-electron chi connectivity index (χ4n) is 5.22. The zero-order chi connectivity index (χ0) is 26.5. The van der Waals surface area contributed by atoms with E-state index in [4.69, 9.17) is 16.3 Å². The number of likely N-dealkylation sites (tertiary alicyclic amines) is 2. The molecule has 0 aliphatic carbocycles. The normalized spacial score (nSPS) is 16.8. The van der Waals surface area contributed by atoms with Gasteiger partial charge in [-0.25, -0.2) is 5.43 Å². The molecule has 0 bridgehead atoms. The molecule has 0 saturated carbocycles. The molecule has 198 valence electrons. The van der Waals surface area contributed by atoms with Crippen LogP contribution in [0.4, 0.5) is 0 Å². The SMILES string of the molecule is O=C(N/N=C/c1ccc(OCC(=O)N2CCC(N3CCCC3)CC2)c2ccccc12)c1ccc(O)c(Cl)c1. The number of piperidine rings is 1. The van der Waals surface area contributed by atoms with Gasteiger partial charge in [0.25, 0.3) is 11.8 Å². The van der Waals surface area contributed by atoms with Gasteiger partial charge >= 0.3 is 0 Å². The first-order chi connectivity index (χ1) is 18.5. The fraction of sp³-hybridized carbons (Fsp3) is 0.345. The summed E-state index contributed by atoms with van der Waals surface area (Å²) in [7, 11) is 0. The van der Waals surface area contributed by atoms with E-state index in [2.05, 4.69) is 15.4 Å². The number of halogens is 1. The number of carbonyl (C=O) groups excluding carboxylic acids is 2. The molecular formula is C29H31ClN4O4. The molecule has 3 aromatic rings. The number of amides is 2. The summed E-state index contributed by atoms with van der Waals surface area (Å²) >= 11 is 5.88. The topological polar surface area (TPSA) is 94.5 Å². The van der Waals surface area contributed by atoms with Crippen molar-refractivity contribution in [2.75, 3.05) is 32.8 Å². The van der Waals surface area contributed by atoms with Crippen molar-refractivity contribution in [3.8, 4) is 11.5 Å². The lowest BCUT2D eigenvalue weighted by molar-refractivity contribution is -0.134. The van der Waals surface area contributed by atoms with Gasteiger partial charge in [0.1, 0.15) is 11.5 Å². The number of fused-ring (bicyclic) bond motifs is 1. The molecule has 0 aromatic heterocycles. The molecule has 2 aliphatic heterocycles. The van der Waals surface area contributed by atoms with Crippen LogP contribution in [0.25, 0.3) is 10.8 Å². The van der Waals surface area contributed by atoms with Crippen LogP contribution in [0.2, 0.25) is 5.02 Å². The predicted molar refractivity (Wildman–Crippen MR) is 148 cm³/mol. The summed E-state index contributed by atoms with van der Waals surface area (Å²) in [6.07, 6.45) is 6.18. The minimum atomic E-state index is -0.449. The molecule has 9 heteroatoms. The molecule has 2 heterocycles. The Bertz CT molecular complexity index is 1350. The summed E-state index contributed by atoms with van der Waals surface area (Å²) in [5.41, 5.74) is 3.54. The van der Waals surface area contributed by atoms with E-state index >= 15 is 0 Å². The zero-order valence-corrected chi connectivity index (χ0v) is 21.9. The molecule has 2 N–H and O–H groups in total. The van der Waals surface area contributed by atoms with Crippen molar-refractivity contribution in [3.63, 3.8) is 0 Å². The lowest BCUT2D eigenvalue weighted by atomic mass is 10.0. The fourth-order valence-corrected chi connectivity index (χ4v) is 5.40. The Hall–Kier alpha value is -3.62. The molecule has 0 spiro atoms. The Morgan fingerprint density at radius 2 is 1.76 bits per heavy atom. The summed E-state index contributed by atoms with van der Waals surface area (Å²) in [5, 5.41) is 15.4. The molecule has 38 heavy (non-hydrogen) atoms. The van der Waals surface area contributed by atoms with Crippen molar-refractivity contribution in [2.45, 2.75) is 31.7 Å². The van der Waals surface area contributed by atoms with Crippen LogP contribution in [-0.4, -0.2) is 71.8 Å². The van der Waals surface area contributed by atoms with Gasteiger partial charge in [-0.3, -0.25) is 9.59 Å². The van der Waals surface area contributed by atoms with E-state index in [1.165, 1.54) is 44.1 Å². The smallest absolute Gasteiger partial charge is 0.271 e. The molecule has 5 rings (SSSR count). The van der Waals surface area contributed by atoms with Crippen LogP contribution in [-0.2, 0) is 4.79 Å². The van der Waals surface area contributed by atoms with Gasteiger partial charge in [0, 0.05) is 35.6 Å². The van der Waals surface area contributed by atoms with E-state index in [9.17, 15) is 14.7 Å². The molecule has 2 amide bonds. The van der Waals surface area contributed by atoms with Crippen LogP contribution >= 0.6 is 11.6 Å². The maximum atomic E-state index is 12.9. The van der Waals surface area contributed by atoms with E-state index in [-0.39, 0.29) is 28.8 Å². The Kier molecular flexibility index (Phi) is 8.10. The van der Waals surface area contributed by atoms with E-state index in [1.54, 1.807) is 6.21 Å². The number of hydrazone groups is 1. The van der Waals surface area contributed by atoms with Gasteiger partial charge < -0.3 is 19.6 Å². The number of carbonyl (C=O) groups is 2. The van der Waals surface area contributed by atoms with Crippen molar-refractivity contribution in [1.82, 2.24) is 15.2 Å². The molecule has 3 aromatic carbocycles. The highest BCUT2D eigenvalue weighted by molar-refractivity contribution is 6.32. The van der Waals surface area contributed by atoms with Crippen LogP contribution in [0.15, 0.2) is 59.7 Å². The quantitative estimate of drug-likeness (QED) is 0.345. The molecular weight excluding hydrogens is 504 g/mol. The van der Waals surface area contributed by atoms with Crippen molar-refractivity contribution < 1.29 is 19.4 Å². The standard InChI is InChI=1S/C29H31ClN4O4/c30-25-17-20(7-9-26(25)35)29(37)32-31-18-21-8-10-27(24-6-2-1-5-23(21)24)38-19-28(36)34-15-11-22(12-16-34)33-13-3-4-14-33/h1-2,5-10,17-18,22,35H,3-4,11-16,19H2,(H,32,37)/b31-18+. The highest BCUT2D eigenvalue weighted by Crippen LogP contribution is 2.28. The number of hydrogen-bond acceptors (Lipinski definition) is 6. The number of phenolic OH excluding ortho intramolecular Hbond substituents is 1. The highest BCUT2D eigenvalue weighted by Gasteiger charge is 2.28. The lowest BCUT2D eigenvalue weighted by Crippen LogP contribution is -2.47. The van der Waals surface area contributed by atoms with Crippen molar-refractivity contribution in [1.29, 1.82) is 0 Å². The van der Waals surface area contributed by atoms with Gasteiger partial charge in [0.05, 0.1) is 11.2 Å². The van der Waals surface area contributed by atoms with E-state index in [0.29, 0.717) is 11.8 Å². The van der Waals surface area contributed by atoms with Crippen LogP contribution in [0.1, 0.15) is 41.6 Å². The van der Waals surface area contributed by atoms with Gasteiger partial charge in [-0.15, -0.1) is 0 Å². The van der Waals surface area contributed by atoms with E-state index < -0.39 is 5.91 Å². The van der Waals surface area contributed by atoms with Crippen molar-refractivity contribution >= 4 is 40.4 Å². The number of ether oxygens (including phenoxy) is 1. The third-order valence-corrected chi connectivity index (χ3v) is 7.63. The average molecular weight is 535 g/mol. The van der Waals surface area contributed by atoms with Gasteiger partial charge in [-0.1, -0.05) is 35.9 Å². The average Bonchev–Trinajstić information content (AvgIpc) is 3.49. The van der Waals surface area contributed by atoms with E-state index in [1.807, 2.05) is 41.3 Å². The molecule has 2 aliphatic rings. The third-order valence-electron chi connectivity index (χ3n) is 7.32. The predicted octanol–water partition coefficient (Wildman–Crippen LogP) is 4.43. The Balaban J connectivity index is 1.20. The van der Waals surface area contributed by atoms with Crippen LogP contribution in [0, 0.1) is 0 Å². The number of nitrogens with one attached hydrogen (secondary N) is 1. The molecule has 8 nitrogen and oxygen atoms in total. The second kappa shape index (κ2) is 11.8. The molecule has 0 atom stereocenters. The maximum Gasteiger partial charge on any atom is 0.271 e. The summed E-state index contributed by atoms with van der Waals surface area (Å²) in [6.45, 7) is 3.94. The number of benzene rings is 3. The number of phenols is 1. The minimum absolute atomic E-state index is 0.00292. The Morgan fingerprint density at radius 1 is 1.03 bits per heavy atom. The van der Waals surface area contributed by atoms with Gasteiger partial charge in [-0.2, -0.15) is 5.10 Å². The summed E-state index contributed by atoms with van der Waals surface area (Å²) in [6, 6.07) is 16.2. The highest BCUT2D eigenvalue weighted by atomic mass is 35.5. The number of nitrogens with zero attached hydrogens (tertiary/aromatic N) is 3. The zero-order valence-electron chi connectivity index (χ0n) is 21.1. The minimum Gasteiger partial charge on any atom is -0.506 e. The first kappa shape index (κ1) is 26.0. The summed E-state index contributed by atoms with van der Waals surface area (Å²) in [4.78, 5) is 29.7. The van der Waals surface area contributed by atoms with Crippen LogP contribution in [0.3, 0.4) is 0 Å². The van der Waals surface area contributed by atoms with Crippen molar-refractivity contribution in [3.05, 3.63) is 70.7 Å². The first-order valence-electron chi connectivity index (χ1n) is 13.0. The number of rotatable bonds is 7. The third kappa shape index (κ3) is 5.92. The number of hydrogen-bond donors (Lipinski definition) is 2. The first-order valence-corrected chi connectivity index (χ1v) is 13.4. The molecule has 0 unspecified atom stereocenters. The maximum absolute atomic E-state index is 12.9. The van der Waals surface area contributed by atoms with Gasteiger partial charge in [-0.05, 0) is 74.5 Å². The van der Waals surface area contributed by atoms with Gasteiger partial charge in [0.15, 0.2) is 6.61 Å². The molecule has 2 saturated heterocycles. The van der Waals surface area contributed by atoms with Crippen LogP contribution < -0.4 is 10.2 Å². The van der Waals surface area contributed by atoms with Gasteiger partial charge in [0.2, 0.25) is 0 Å². The number of aromatic hydroxyl groups is 1. The Morgan fingerprint density at radius 3 is 2.50 bits per heavy atom. The van der Waals surface area contributed by atoms with Crippen LogP contribution in [0.5, 0.6) is 11.5 Å². The monoisotopic (exact) mass is 534 g/mol. The second-order valence-corrected chi connectivity index (χ2v) is 10.1. The summed E-state index contributed by atoms with van der Waals surface area (Å²) in [5.74, 6) is 0.0946. The van der Waals surface area contributed by atoms with Crippen molar-refractivity contribution in [2.24, 2.45) is 5.10 Å².